The zero-order valence-electron chi connectivity index (χ0n) is 22.0. The van der Waals surface area contributed by atoms with Gasteiger partial charge in [-0.1, -0.05) is 68.2 Å². The molecule has 0 saturated carbocycles. The Morgan fingerprint density at radius 1 is 1.05 bits per heavy atom. The summed E-state index contributed by atoms with van der Waals surface area (Å²) < 4.78 is 30.8. The highest BCUT2D eigenvalue weighted by molar-refractivity contribution is 8.26. The van der Waals surface area contributed by atoms with E-state index >= 15 is 0 Å². The number of aromatic nitrogens is 2. The number of rotatable bonds is 10. The number of carbonyl (C=O) groups is 1. The minimum Gasteiger partial charge on any atom is -0.290 e. The van der Waals surface area contributed by atoms with Crippen molar-refractivity contribution in [3.05, 3.63) is 71.3 Å². The first-order chi connectivity index (χ1) is 18.2. The third-order valence-corrected chi connectivity index (χ3v) is 9.31. The topological polar surface area (TPSA) is 75.5 Å². The molecule has 1 amide bonds. The molecule has 0 atom stereocenters. The first-order valence-corrected chi connectivity index (χ1v) is 15.4. The Morgan fingerprint density at radius 3 is 2.34 bits per heavy atom. The summed E-state index contributed by atoms with van der Waals surface area (Å²) in [6, 6.07) is 16.5. The molecular formula is C28H32N4O3S3. The van der Waals surface area contributed by atoms with Crippen molar-refractivity contribution in [1.29, 1.82) is 0 Å². The highest BCUT2D eigenvalue weighted by Gasteiger charge is 2.34. The van der Waals surface area contributed by atoms with Crippen LogP contribution in [0, 0.1) is 0 Å². The van der Waals surface area contributed by atoms with Crippen LogP contribution in [0.15, 0.2) is 70.6 Å². The number of para-hydroxylation sites is 1. The average molecular weight is 569 g/mol. The van der Waals surface area contributed by atoms with E-state index in [1.54, 1.807) is 33.9 Å². The number of amides is 1. The summed E-state index contributed by atoms with van der Waals surface area (Å²) in [7, 11) is -3.67. The van der Waals surface area contributed by atoms with Crippen LogP contribution in [0.4, 0.5) is 0 Å². The number of benzene rings is 2. The summed E-state index contributed by atoms with van der Waals surface area (Å²) in [5, 5.41) is 4.83. The van der Waals surface area contributed by atoms with Gasteiger partial charge in [-0.3, -0.25) is 9.69 Å². The molecule has 38 heavy (non-hydrogen) atoms. The molecule has 200 valence electrons. The van der Waals surface area contributed by atoms with Gasteiger partial charge in [0, 0.05) is 36.5 Å². The molecule has 1 fully saturated rings. The van der Waals surface area contributed by atoms with Gasteiger partial charge in [0.25, 0.3) is 5.91 Å². The second kappa shape index (κ2) is 11.9. The van der Waals surface area contributed by atoms with Gasteiger partial charge in [0.05, 0.1) is 15.5 Å². The van der Waals surface area contributed by atoms with E-state index in [4.69, 9.17) is 17.3 Å². The molecule has 0 N–H and O–H groups in total. The van der Waals surface area contributed by atoms with Gasteiger partial charge in [0.1, 0.15) is 10.0 Å². The lowest BCUT2D eigenvalue weighted by Gasteiger charge is -2.21. The van der Waals surface area contributed by atoms with Crippen LogP contribution < -0.4 is 0 Å². The predicted molar refractivity (Wildman–Crippen MR) is 158 cm³/mol. The fourth-order valence-electron chi connectivity index (χ4n) is 4.30. The molecule has 1 saturated heterocycles. The van der Waals surface area contributed by atoms with Gasteiger partial charge in [-0.25, -0.2) is 13.1 Å². The highest BCUT2D eigenvalue weighted by atomic mass is 32.2. The van der Waals surface area contributed by atoms with E-state index in [2.05, 4.69) is 0 Å². The van der Waals surface area contributed by atoms with Gasteiger partial charge in [0.15, 0.2) is 0 Å². The number of thioether (sulfide) groups is 1. The van der Waals surface area contributed by atoms with Crippen molar-refractivity contribution in [3.8, 4) is 16.9 Å². The van der Waals surface area contributed by atoms with Crippen LogP contribution in [-0.4, -0.2) is 56.8 Å². The van der Waals surface area contributed by atoms with Crippen LogP contribution in [0.25, 0.3) is 23.0 Å². The quantitative estimate of drug-likeness (QED) is 0.222. The van der Waals surface area contributed by atoms with Crippen molar-refractivity contribution >= 4 is 50.3 Å². The van der Waals surface area contributed by atoms with E-state index in [9.17, 15) is 13.2 Å². The summed E-state index contributed by atoms with van der Waals surface area (Å²) >= 11 is 6.72. The maximum atomic E-state index is 13.5. The van der Waals surface area contributed by atoms with Crippen molar-refractivity contribution in [2.24, 2.45) is 0 Å². The Bertz CT molecular complexity index is 1460. The van der Waals surface area contributed by atoms with E-state index in [1.165, 1.54) is 16.1 Å². The largest absolute Gasteiger partial charge is 0.290 e. The molecule has 0 unspecified atom stereocenters. The van der Waals surface area contributed by atoms with E-state index in [0.29, 0.717) is 39.1 Å². The van der Waals surface area contributed by atoms with E-state index in [-0.39, 0.29) is 16.8 Å². The van der Waals surface area contributed by atoms with Crippen LogP contribution in [-0.2, 0) is 14.8 Å². The first kappa shape index (κ1) is 28.2. The first-order valence-electron chi connectivity index (χ1n) is 12.7. The Kier molecular flexibility index (Phi) is 8.87. The Balaban J connectivity index is 1.83. The van der Waals surface area contributed by atoms with Crippen molar-refractivity contribution in [2.45, 2.75) is 51.5 Å². The van der Waals surface area contributed by atoms with Crippen LogP contribution in [0.1, 0.15) is 46.1 Å². The van der Waals surface area contributed by atoms with Crippen molar-refractivity contribution in [3.63, 3.8) is 0 Å². The molecule has 1 aliphatic heterocycles. The lowest BCUT2D eigenvalue weighted by molar-refractivity contribution is -0.123. The van der Waals surface area contributed by atoms with Crippen molar-refractivity contribution in [2.75, 3.05) is 13.1 Å². The fraction of sp³-hybridized carbons (Fsp3) is 0.321. The smallest absolute Gasteiger partial charge is 0.266 e. The van der Waals surface area contributed by atoms with Crippen LogP contribution in [0.5, 0.6) is 0 Å². The monoisotopic (exact) mass is 568 g/mol. The zero-order valence-corrected chi connectivity index (χ0v) is 24.4. The summed E-state index contributed by atoms with van der Waals surface area (Å²) in [6.07, 6.45) is 5.12. The normalized spacial score (nSPS) is 15.4. The number of hydrogen-bond acceptors (Lipinski definition) is 6. The summed E-state index contributed by atoms with van der Waals surface area (Å²) in [5.74, 6) is -0.139. The molecule has 10 heteroatoms. The summed E-state index contributed by atoms with van der Waals surface area (Å²) in [5.41, 5.74) is 2.79. The Labute approximate surface area is 234 Å². The number of hydrogen-bond donors (Lipinski definition) is 0. The molecule has 0 spiro atoms. The predicted octanol–water partition coefficient (Wildman–Crippen LogP) is 5.96. The molecule has 0 radical (unpaired) electrons. The average Bonchev–Trinajstić information content (AvgIpc) is 3.44. The Morgan fingerprint density at radius 2 is 1.74 bits per heavy atom. The molecule has 2 aromatic carbocycles. The minimum atomic E-state index is -3.67. The van der Waals surface area contributed by atoms with Crippen LogP contribution >= 0.6 is 24.0 Å². The minimum absolute atomic E-state index is 0.0454. The third-order valence-electron chi connectivity index (χ3n) is 6.08. The molecule has 2 heterocycles. The maximum Gasteiger partial charge on any atom is 0.266 e. The van der Waals surface area contributed by atoms with Gasteiger partial charge in [-0.2, -0.15) is 9.40 Å². The van der Waals surface area contributed by atoms with Gasteiger partial charge in [0.2, 0.25) is 10.0 Å². The summed E-state index contributed by atoms with van der Waals surface area (Å²) in [6.45, 7) is 8.73. The second-order valence-electron chi connectivity index (χ2n) is 9.29. The highest BCUT2D eigenvalue weighted by Crippen LogP contribution is 2.36. The molecular weight excluding hydrogens is 537 g/mol. The third kappa shape index (κ3) is 5.78. The zero-order chi connectivity index (χ0) is 27.4. The lowest BCUT2D eigenvalue weighted by atomic mass is 10.1. The van der Waals surface area contributed by atoms with Gasteiger partial charge < -0.3 is 0 Å². The van der Waals surface area contributed by atoms with E-state index in [0.717, 1.165) is 18.5 Å². The second-order valence-corrected chi connectivity index (χ2v) is 12.9. The maximum absolute atomic E-state index is 13.5. The lowest BCUT2D eigenvalue weighted by Crippen LogP contribution is -2.34. The van der Waals surface area contributed by atoms with Crippen molar-refractivity contribution in [1.82, 2.24) is 19.0 Å². The van der Waals surface area contributed by atoms with Gasteiger partial charge in [-0.05, 0) is 57.0 Å². The van der Waals surface area contributed by atoms with E-state index < -0.39 is 10.0 Å². The van der Waals surface area contributed by atoms with Crippen molar-refractivity contribution < 1.29 is 13.2 Å². The molecule has 1 aromatic heterocycles. The molecule has 4 rings (SSSR count). The standard InChI is InChI=1S/C28H32N4O3S3/c1-5-15-30(16-6-2)38(34,35)24-14-10-11-21(17-24)26-22(19-31(29-26)23-12-8-7-9-13-23)18-25-27(33)32(20(3)4)28(36)37-25/h7-14,17-20H,5-6,15-16H2,1-4H3/b25-18-. The number of nitrogens with zero attached hydrogens (tertiary/aromatic N) is 4. The summed E-state index contributed by atoms with van der Waals surface area (Å²) in [4.78, 5) is 15.5. The number of carbonyl (C=O) groups excluding carboxylic acids is 1. The molecule has 7 nitrogen and oxygen atoms in total. The molecule has 1 aliphatic rings. The van der Waals surface area contributed by atoms with Crippen LogP contribution in [0.3, 0.4) is 0 Å². The number of sulfonamides is 1. The molecule has 0 bridgehead atoms. The fourth-order valence-corrected chi connectivity index (χ4v) is 7.49. The molecule has 3 aromatic rings. The number of thiocarbonyl (C=S) groups is 1. The SMILES string of the molecule is CCCN(CCC)S(=O)(=O)c1cccc(-c2nn(-c3ccccc3)cc2/C=C2\SC(=S)N(C(C)C)C2=O)c1. The molecule has 0 aliphatic carbocycles. The van der Waals surface area contributed by atoms with Crippen LogP contribution in [0.2, 0.25) is 0 Å². The van der Waals surface area contributed by atoms with E-state index in [1.807, 2.05) is 70.3 Å². The van der Waals surface area contributed by atoms with Gasteiger partial charge >= 0.3 is 0 Å². The Hall–Kier alpha value is -2.79. The van der Waals surface area contributed by atoms with Gasteiger partial charge in [-0.15, -0.1) is 0 Å².